The van der Waals surface area contributed by atoms with Crippen LogP contribution in [-0.4, -0.2) is 24.2 Å². The van der Waals surface area contributed by atoms with Crippen molar-refractivity contribution in [3.8, 4) is 0 Å². The Balaban J connectivity index is 1.47. The van der Waals surface area contributed by atoms with Gasteiger partial charge in [-0.05, 0) is 62.6 Å². The molecule has 0 saturated heterocycles. The van der Waals surface area contributed by atoms with Crippen LogP contribution in [0, 0.1) is 13.8 Å². The average molecular weight is 435 g/mol. The maximum atomic E-state index is 12.6. The number of sulfonamides is 1. The van der Waals surface area contributed by atoms with Gasteiger partial charge in [-0.2, -0.15) is 0 Å². The van der Waals surface area contributed by atoms with Crippen LogP contribution in [0.25, 0.3) is 0 Å². The molecule has 1 heterocycles. The number of Topliss-reactive ketones (excluding diaryl/α,β-unsaturated/α-hetero) is 1. The second kappa shape index (κ2) is 8.31. The van der Waals surface area contributed by atoms with Gasteiger partial charge in [-0.3, -0.25) is 4.79 Å². The molecule has 1 aliphatic rings. The normalized spacial score (nSPS) is 14.9. The second-order valence-electron chi connectivity index (χ2n) is 7.40. The summed E-state index contributed by atoms with van der Waals surface area (Å²) in [5, 5.41) is 3.10. The quantitative estimate of drug-likeness (QED) is 0.588. The standard InChI is InChI=1S/C23H22N4O3S/c1-15-13-16(2)26-23(25-15)27-31(29,30)20-11-9-19(10-12-20)24-14-18-8-7-17-5-3-4-6-21(17)22(18)28/h3-6,9-14,24H,7-8H2,1-2H3,(H,25,26,27)/b18-14-. The number of aryl methyl sites for hydroxylation is 3. The van der Waals surface area contributed by atoms with E-state index in [9.17, 15) is 13.2 Å². The molecule has 8 heteroatoms. The number of hydrogen-bond acceptors (Lipinski definition) is 6. The summed E-state index contributed by atoms with van der Waals surface area (Å²) < 4.78 is 27.7. The smallest absolute Gasteiger partial charge is 0.264 e. The Labute approximate surface area is 181 Å². The molecule has 1 aliphatic carbocycles. The fourth-order valence-electron chi connectivity index (χ4n) is 3.50. The maximum absolute atomic E-state index is 12.6. The molecule has 1 aromatic heterocycles. The van der Waals surface area contributed by atoms with E-state index in [1.54, 1.807) is 38.2 Å². The molecule has 7 nitrogen and oxygen atoms in total. The first kappa shape index (κ1) is 20.7. The summed E-state index contributed by atoms with van der Waals surface area (Å²) in [6, 6.07) is 15.7. The summed E-state index contributed by atoms with van der Waals surface area (Å²) in [6.45, 7) is 3.55. The van der Waals surface area contributed by atoms with Crippen molar-refractivity contribution in [2.75, 3.05) is 10.0 Å². The molecule has 3 aromatic rings. The average Bonchev–Trinajstić information content (AvgIpc) is 2.73. The largest absolute Gasteiger partial charge is 0.361 e. The highest BCUT2D eigenvalue weighted by Gasteiger charge is 2.21. The molecular weight excluding hydrogens is 412 g/mol. The molecule has 0 spiro atoms. The first-order chi connectivity index (χ1) is 14.8. The number of nitrogens with one attached hydrogen (secondary N) is 2. The minimum Gasteiger partial charge on any atom is -0.361 e. The van der Waals surface area contributed by atoms with Crippen molar-refractivity contribution in [2.24, 2.45) is 0 Å². The van der Waals surface area contributed by atoms with E-state index >= 15 is 0 Å². The first-order valence-electron chi connectivity index (χ1n) is 9.85. The van der Waals surface area contributed by atoms with Crippen LogP contribution in [0.2, 0.25) is 0 Å². The summed E-state index contributed by atoms with van der Waals surface area (Å²) >= 11 is 0. The van der Waals surface area contributed by atoms with E-state index < -0.39 is 10.0 Å². The predicted molar refractivity (Wildman–Crippen MR) is 120 cm³/mol. The van der Waals surface area contributed by atoms with Crippen molar-refractivity contribution >= 4 is 27.4 Å². The predicted octanol–water partition coefficient (Wildman–Crippen LogP) is 4.02. The zero-order valence-corrected chi connectivity index (χ0v) is 18.0. The molecule has 0 unspecified atom stereocenters. The number of carbonyl (C=O) groups is 1. The molecule has 0 radical (unpaired) electrons. The SMILES string of the molecule is Cc1cc(C)nc(NS(=O)(=O)c2ccc(N/C=C3/CCc4ccccc4C3=O)cc2)n1. The van der Waals surface area contributed by atoms with Gasteiger partial charge >= 0.3 is 0 Å². The maximum Gasteiger partial charge on any atom is 0.264 e. The Kier molecular flexibility index (Phi) is 5.56. The van der Waals surface area contributed by atoms with E-state index in [2.05, 4.69) is 20.0 Å². The first-order valence-corrected chi connectivity index (χ1v) is 11.3. The fraction of sp³-hybridized carbons (Fsp3) is 0.174. The van der Waals surface area contributed by atoms with E-state index in [0.29, 0.717) is 29.1 Å². The number of aromatic nitrogens is 2. The third kappa shape index (κ3) is 4.64. The minimum absolute atomic E-state index is 0.0196. The van der Waals surface area contributed by atoms with Gasteiger partial charge in [0, 0.05) is 34.4 Å². The van der Waals surface area contributed by atoms with Crippen LogP contribution in [0.4, 0.5) is 11.6 Å². The molecule has 4 rings (SSSR count). The molecular formula is C23H22N4O3S. The molecule has 0 atom stereocenters. The van der Waals surface area contributed by atoms with Gasteiger partial charge in [0.2, 0.25) is 5.95 Å². The zero-order valence-electron chi connectivity index (χ0n) is 17.2. The van der Waals surface area contributed by atoms with Gasteiger partial charge in [0.1, 0.15) is 0 Å². The highest BCUT2D eigenvalue weighted by molar-refractivity contribution is 7.92. The number of ketones is 1. The van der Waals surface area contributed by atoms with Crippen LogP contribution in [0.15, 0.2) is 71.3 Å². The lowest BCUT2D eigenvalue weighted by molar-refractivity contribution is 0.102. The minimum atomic E-state index is -3.81. The van der Waals surface area contributed by atoms with Crippen molar-refractivity contribution in [1.29, 1.82) is 0 Å². The van der Waals surface area contributed by atoms with E-state index in [1.807, 2.05) is 24.3 Å². The lowest BCUT2D eigenvalue weighted by atomic mass is 9.87. The third-order valence-electron chi connectivity index (χ3n) is 5.00. The number of hydrogen-bond donors (Lipinski definition) is 2. The van der Waals surface area contributed by atoms with E-state index in [4.69, 9.17) is 0 Å². The van der Waals surface area contributed by atoms with Crippen molar-refractivity contribution in [3.05, 3.63) is 88.9 Å². The molecule has 0 saturated carbocycles. The van der Waals surface area contributed by atoms with Crippen LogP contribution in [0.5, 0.6) is 0 Å². The second-order valence-corrected chi connectivity index (χ2v) is 9.09. The number of nitrogens with zero attached hydrogens (tertiary/aromatic N) is 2. The Bertz CT molecular complexity index is 1260. The van der Waals surface area contributed by atoms with Crippen LogP contribution in [0.1, 0.15) is 33.7 Å². The van der Waals surface area contributed by atoms with Crippen LogP contribution in [-0.2, 0) is 16.4 Å². The summed E-state index contributed by atoms with van der Waals surface area (Å²) in [6.07, 6.45) is 3.18. The van der Waals surface area contributed by atoms with Crippen molar-refractivity contribution in [3.63, 3.8) is 0 Å². The lowest BCUT2D eigenvalue weighted by Gasteiger charge is -2.17. The van der Waals surface area contributed by atoms with Gasteiger partial charge in [-0.25, -0.2) is 23.1 Å². The highest BCUT2D eigenvalue weighted by atomic mass is 32.2. The molecule has 0 aliphatic heterocycles. The summed E-state index contributed by atoms with van der Waals surface area (Å²) in [5.74, 6) is 0.0618. The lowest BCUT2D eigenvalue weighted by Crippen LogP contribution is -2.16. The Morgan fingerprint density at radius 3 is 2.32 bits per heavy atom. The van der Waals surface area contributed by atoms with Crippen molar-refractivity contribution in [1.82, 2.24) is 9.97 Å². The highest BCUT2D eigenvalue weighted by Crippen LogP contribution is 2.25. The van der Waals surface area contributed by atoms with Gasteiger partial charge in [-0.15, -0.1) is 0 Å². The number of benzene rings is 2. The van der Waals surface area contributed by atoms with E-state index in [-0.39, 0.29) is 16.6 Å². The van der Waals surface area contributed by atoms with Gasteiger partial charge in [0.25, 0.3) is 10.0 Å². The molecule has 0 amide bonds. The zero-order chi connectivity index (χ0) is 22.0. The van der Waals surface area contributed by atoms with Crippen LogP contribution >= 0.6 is 0 Å². The van der Waals surface area contributed by atoms with Gasteiger partial charge in [0.15, 0.2) is 5.78 Å². The summed E-state index contributed by atoms with van der Waals surface area (Å²) in [5.41, 5.74) is 4.54. The Morgan fingerprint density at radius 2 is 1.61 bits per heavy atom. The summed E-state index contributed by atoms with van der Waals surface area (Å²) in [4.78, 5) is 21.0. The number of rotatable bonds is 5. The van der Waals surface area contributed by atoms with E-state index in [1.165, 1.54) is 12.1 Å². The molecule has 2 N–H and O–H groups in total. The molecule has 31 heavy (non-hydrogen) atoms. The summed E-state index contributed by atoms with van der Waals surface area (Å²) in [7, 11) is -3.81. The Morgan fingerprint density at radius 1 is 0.935 bits per heavy atom. The number of anilines is 2. The van der Waals surface area contributed by atoms with Crippen LogP contribution < -0.4 is 10.0 Å². The number of carbonyl (C=O) groups excluding carboxylic acids is 1. The van der Waals surface area contributed by atoms with Crippen molar-refractivity contribution < 1.29 is 13.2 Å². The Hall–Kier alpha value is -3.52. The molecule has 0 bridgehead atoms. The molecule has 0 fully saturated rings. The van der Waals surface area contributed by atoms with Gasteiger partial charge < -0.3 is 5.32 Å². The van der Waals surface area contributed by atoms with E-state index in [0.717, 1.165) is 17.5 Å². The fourth-order valence-corrected chi connectivity index (χ4v) is 4.45. The topological polar surface area (TPSA) is 101 Å². The number of allylic oxidation sites excluding steroid dienone is 1. The van der Waals surface area contributed by atoms with Gasteiger partial charge in [-0.1, -0.05) is 24.3 Å². The third-order valence-corrected chi connectivity index (χ3v) is 6.35. The number of fused-ring (bicyclic) bond motifs is 1. The molecule has 2 aromatic carbocycles. The molecule has 158 valence electrons. The van der Waals surface area contributed by atoms with Crippen LogP contribution in [0.3, 0.4) is 0 Å². The monoisotopic (exact) mass is 434 g/mol. The van der Waals surface area contributed by atoms with Crippen molar-refractivity contribution in [2.45, 2.75) is 31.6 Å². The van der Waals surface area contributed by atoms with Gasteiger partial charge in [0.05, 0.1) is 4.90 Å².